The van der Waals surface area contributed by atoms with E-state index in [1.165, 1.54) is 0 Å². The van der Waals surface area contributed by atoms with Crippen molar-refractivity contribution in [2.75, 3.05) is 28.4 Å². The van der Waals surface area contributed by atoms with Gasteiger partial charge in [0.25, 0.3) is 0 Å². The summed E-state index contributed by atoms with van der Waals surface area (Å²) in [5, 5.41) is 0. The van der Waals surface area contributed by atoms with Gasteiger partial charge in [-0.3, -0.25) is 0 Å². The Kier molecular flexibility index (Phi) is 4.54. The van der Waals surface area contributed by atoms with Crippen molar-refractivity contribution in [2.24, 2.45) is 11.8 Å². The van der Waals surface area contributed by atoms with Gasteiger partial charge >= 0.3 is 0 Å². The minimum absolute atomic E-state index is 0.204. The molecule has 0 aliphatic heterocycles. The van der Waals surface area contributed by atoms with Gasteiger partial charge in [-0.15, -0.1) is 0 Å². The summed E-state index contributed by atoms with van der Waals surface area (Å²) < 4.78 is 20.8. The largest absolute Gasteiger partial charge is 0.355 e. The maximum Gasteiger partial charge on any atom is 0.163 e. The molecule has 0 aromatic heterocycles. The van der Waals surface area contributed by atoms with E-state index in [1.807, 2.05) is 12.2 Å². The summed E-state index contributed by atoms with van der Waals surface area (Å²) in [5.41, 5.74) is 0. The first-order valence-corrected chi connectivity index (χ1v) is 4.58. The van der Waals surface area contributed by atoms with Gasteiger partial charge in [0.1, 0.15) is 0 Å². The van der Waals surface area contributed by atoms with Crippen LogP contribution in [0.3, 0.4) is 0 Å². The fourth-order valence-electron chi connectivity index (χ4n) is 1.73. The first-order valence-electron chi connectivity index (χ1n) is 4.58. The van der Waals surface area contributed by atoms with Crippen molar-refractivity contribution in [3.63, 3.8) is 0 Å². The van der Waals surface area contributed by atoms with E-state index in [1.54, 1.807) is 28.4 Å². The number of hydrogen-bond donors (Lipinski definition) is 0. The molecule has 0 aromatic carbocycles. The van der Waals surface area contributed by atoms with E-state index in [0.29, 0.717) is 0 Å². The third kappa shape index (κ3) is 2.15. The standard InChI is InChI=1S/C10H18O4/c1-11-9(12-2)7-5-6-8(7)10(13-3)14-4/h5-10H,1-4H3. The van der Waals surface area contributed by atoms with Crippen molar-refractivity contribution in [3.8, 4) is 0 Å². The molecule has 0 heterocycles. The third-order valence-electron chi connectivity index (χ3n) is 2.56. The summed E-state index contributed by atoms with van der Waals surface area (Å²) in [6.45, 7) is 0. The zero-order valence-corrected chi connectivity index (χ0v) is 9.10. The molecule has 0 aromatic rings. The van der Waals surface area contributed by atoms with E-state index in [9.17, 15) is 0 Å². The quantitative estimate of drug-likeness (QED) is 0.476. The van der Waals surface area contributed by atoms with Gasteiger partial charge < -0.3 is 18.9 Å². The summed E-state index contributed by atoms with van der Waals surface area (Å²) in [7, 11) is 6.52. The fourth-order valence-corrected chi connectivity index (χ4v) is 1.73. The topological polar surface area (TPSA) is 36.9 Å². The van der Waals surface area contributed by atoms with Crippen LogP contribution in [0.4, 0.5) is 0 Å². The van der Waals surface area contributed by atoms with Crippen molar-refractivity contribution in [2.45, 2.75) is 12.6 Å². The molecule has 0 saturated heterocycles. The molecule has 0 fully saturated rings. The Morgan fingerprint density at radius 1 is 0.714 bits per heavy atom. The highest BCUT2D eigenvalue weighted by molar-refractivity contribution is 5.11. The van der Waals surface area contributed by atoms with E-state index in [2.05, 4.69) is 0 Å². The van der Waals surface area contributed by atoms with Crippen LogP contribution in [0.25, 0.3) is 0 Å². The van der Waals surface area contributed by atoms with Crippen molar-refractivity contribution in [3.05, 3.63) is 12.2 Å². The molecule has 0 N–H and O–H groups in total. The van der Waals surface area contributed by atoms with Gasteiger partial charge in [-0.05, 0) is 0 Å². The zero-order chi connectivity index (χ0) is 10.6. The van der Waals surface area contributed by atoms with Gasteiger partial charge in [0.15, 0.2) is 12.6 Å². The van der Waals surface area contributed by atoms with Crippen LogP contribution in [0.1, 0.15) is 0 Å². The maximum atomic E-state index is 5.19. The number of rotatable bonds is 6. The molecule has 1 aliphatic carbocycles. The smallest absolute Gasteiger partial charge is 0.163 e. The molecular formula is C10H18O4. The lowest BCUT2D eigenvalue weighted by atomic mass is 9.81. The van der Waals surface area contributed by atoms with Gasteiger partial charge in [0.2, 0.25) is 0 Å². The van der Waals surface area contributed by atoms with Gasteiger partial charge in [0.05, 0.1) is 0 Å². The van der Waals surface area contributed by atoms with Gasteiger partial charge in [-0.25, -0.2) is 0 Å². The Balaban J connectivity index is 2.53. The normalized spacial score (nSPS) is 25.9. The van der Waals surface area contributed by atoms with Crippen molar-refractivity contribution < 1.29 is 18.9 Å². The second-order valence-corrected chi connectivity index (χ2v) is 3.22. The monoisotopic (exact) mass is 202 g/mol. The van der Waals surface area contributed by atoms with Crippen LogP contribution in [0.15, 0.2) is 12.2 Å². The molecule has 0 amide bonds. The number of methoxy groups -OCH3 is 4. The van der Waals surface area contributed by atoms with Crippen molar-refractivity contribution in [1.29, 1.82) is 0 Å². The van der Waals surface area contributed by atoms with Crippen LogP contribution in [-0.4, -0.2) is 41.0 Å². The highest BCUT2D eigenvalue weighted by Crippen LogP contribution is 2.34. The number of ether oxygens (including phenoxy) is 4. The Bertz CT molecular complexity index is 165. The molecule has 0 saturated carbocycles. The molecular weight excluding hydrogens is 184 g/mol. The second-order valence-electron chi connectivity index (χ2n) is 3.22. The predicted octanol–water partition coefficient (Wildman–Crippen LogP) is 1.03. The molecule has 82 valence electrons. The molecule has 0 bridgehead atoms. The lowest BCUT2D eigenvalue weighted by Crippen LogP contribution is -2.41. The summed E-state index contributed by atoms with van der Waals surface area (Å²) in [6.07, 6.45) is 3.65. The Labute approximate surface area is 84.8 Å². The van der Waals surface area contributed by atoms with E-state index >= 15 is 0 Å². The molecule has 4 heteroatoms. The average molecular weight is 202 g/mol. The molecule has 2 atom stereocenters. The molecule has 14 heavy (non-hydrogen) atoms. The van der Waals surface area contributed by atoms with E-state index in [0.717, 1.165) is 0 Å². The first-order chi connectivity index (χ1) is 6.78. The third-order valence-corrected chi connectivity index (χ3v) is 2.56. The second kappa shape index (κ2) is 5.46. The van der Waals surface area contributed by atoms with E-state index in [4.69, 9.17) is 18.9 Å². The van der Waals surface area contributed by atoms with Crippen LogP contribution < -0.4 is 0 Å². The zero-order valence-electron chi connectivity index (χ0n) is 9.10. The van der Waals surface area contributed by atoms with Crippen molar-refractivity contribution in [1.82, 2.24) is 0 Å². The van der Waals surface area contributed by atoms with Crippen LogP contribution >= 0.6 is 0 Å². The number of hydrogen-bond acceptors (Lipinski definition) is 4. The highest BCUT2D eigenvalue weighted by atomic mass is 16.7. The summed E-state index contributed by atoms with van der Waals surface area (Å²) in [4.78, 5) is 0. The minimum atomic E-state index is -0.224. The maximum absolute atomic E-state index is 5.19. The Morgan fingerprint density at radius 2 is 1.00 bits per heavy atom. The Hall–Kier alpha value is -0.420. The van der Waals surface area contributed by atoms with Crippen LogP contribution in [0, 0.1) is 11.8 Å². The van der Waals surface area contributed by atoms with Gasteiger partial charge in [-0.1, -0.05) is 12.2 Å². The highest BCUT2D eigenvalue weighted by Gasteiger charge is 2.37. The molecule has 0 spiro atoms. The molecule has 1 rings (SSSR count). The summed E-state index contributed by atoms with van der Waals surface area (Å²) in [5.74, 6) is 0.407. The van der Waals surface area contributed by atoms with E-state index in [-0.39, 0.29) is 24.4 Å². The minimum Gasteiger partial charge on any atom is -0.355 e. The van der Waals surface area contributed by atoms with Crippen LogP contribution in [-0.2, 0) is 18.9 Å². The lowest BCUT2D eigenvalue weighted by molar-refractivity contribution is -0.187. The predicted molar refractivity (Wildman–Crippen MR) is 51.7 cm³/mol. The lowest BCUT2D eigenvalue weighted by Gasteiger charge is -2.37. The fraction of sp³-hybridized carbons (Fsp3) is 0.800. The summed E-state index contributed by atoms with van der Waals surface area (Å²) in [6, 6.07) is 0. The Morgan fingerprint density at radius 3 is 1.14 bits per heavy atom. The SMILES string of the molecule is COC(OC)C1C=CC1C(OC)OC. The van der Waals surface area contributed by atoms with Gasteiger partial charge in [0, 0.05) is 40.3 Å². The van der Waals surface area contributed by atoms with Crippen LogP contribution in [0.5, 0.6) is 0 Å². The molecule has 0 radical (unpaired) electrons. The first kappa shape index (κ1) is 11.7. The van der Waals surface area contributed by atoms with Crippen molar-refractivity contribution >= 4 is 0 Å². The molecule has 4 nitrogen and oxygen atoms in total. The average Bonchev–Trinajstić information content (AvgIpc) is 2.19. The van der Waals surface area contributed by atoms with Crippen LogP contribution in [0.2, 0.25) is 0 Å². The molecule has 2 unspecified atom stereocenters. The van der Waals surface area contributed by atoms with E-state index < -0.39 is 0 Å². The van der Waals surface area contributed by atoms with Gasteiger partial charge in [-0.2, -0.15) is 0 Å². The molecule has 1 aliphatic rings. The summed E-state index contributed by atoms with van der Waals surface area (Å²) >= 11 is 0.